The highest BCUT2D eigenvalue weighted by atomic mass is 32.2. The van der Waals surface area contributed by atoms with Crippen LogP contribution in [0.4, 0.5) is 0 Å². The van der Waals surface area contributed by atoms with Crippen LogP contribution in [0.3, 0.4) is 0 Å². The zero-order valence-electron chi connectivity index (χ0n) is 8.45. The van der Waals surface area contributed by atoms with Crippen LogP contribution in [0.25, 0.3) is 0 Å². The fourth-order valence-electron chi connectivity index (χ4n) is 1.13. The van der Waals surface area contributed by atoms with Crippen molar-refractivity contribution in [2.24, 2.45) is 4.99 Å². The molecule has 7 heteroatoms. The minimum atomic E-state index is -3.08. The summed E-state index contributed by atoms with van der Waals surface area (Å²) in [7, 11) is -1.13. The van der Waals surface area contributed by atoms with Crippen LogP contribution in [-0.4, -0.2) is 58.8 Å². The molecule has 0 aromatic rings. The number of hydrogen-bond acceptors (Lipinski definition) is 5. The van der Waals surface area contributed by atoms with E-state index in [4.69, 9.17) is 0 Å². The van der Waals surface area contributed by atoms with Crippen molar-refractivity contribution >= 4 is 16.0 Å². The summed E-state index contributed by atoms with van der Waals surface area (Å²) in [4.78, 5) is 6.21. The maximum atomic E-state index is 10.7. The van der Waals surface area contributed by atoms with Crippen molar-refractivity contribution in [2.45, 2.75) is 0 Å². The van der Waals surface area contributed by atoms with E-state index < -0.39 is 10.0 Å². The molecular weight excluding hydrogens is 204 g/mol. The van der Waals surface area contributed by atoms with E-state index in [1.165, 1.54) is 0 Å². The van der Waals surface area contributed by atoms with Crippen molar-refractivity contribution in [3.05, 3.63) is 0 Å². The van der Waals surface area contributed by atoms with Gasteiger partial charge in [0.1, 0.15) is 0 Å². The first kappa shape index (κ1) is 11.3. The van der Waals surface area contributed by atoms with Crippen molar-refractivity contribution in [3.8, 4) is 0 Å². The summed E-state index contributed by atoms with van der Waals surface area (Å²) >= 11 is 0. The summed E-state index contributed by atoms with van der Waals surface area (Å²) < 4.78 is 23.8. The Kier molecular flexibility index (Phi) is 3.70. The average Bonchev–Trinajstić information content (AvgIpc) is 2.44. The van der Waals surface area contributed by atoms with Crippen LogP contribution in [0.1, 0.15) is 0 Å². The molecule has 82 valence electrons. The lowest BCUT2D eigenvalue weighted by Gasteiger charge is -2.14. The van der Waals surface area contributed by atoms with Crippen molar-refractivity contribution in [1.29, 1.82) is 0 Å². The topological polar surface area (TPSA) is 73.8 Å². The molecule has 1 aliphatic heterocycles. The van der Waals surface area contributed by atoms with Crippen LogP contribution in [0.5, 0.6) is 0 Å². The number of nitrogens with one attached hydrogen (secondary N) is 2. The third-order valence-corrected chi connectivity index (χ3v) is 2.56. The molecule has 6 nitrogen and oxygen atoms in total. The van der Waals surface area contributed by atoms with Gasteiger partial charge in [0.15, 0.2) is 5.96 Å². The third-order valence-electron chi connectivity index (χ3n) is 1.83. The van der Waals surface area contributed by atoms with Crippen molar-refractivity contribution in [3.63, 3.8) is 0 Å². The van der Waals surface area contributed by atoms with Gasteiger partial charge in [0, 0.05) is 26.7 Å². The monoisotopic (exact) mass is 220 g/mol. The van der Waals surface area contributed by atoms with Crippen LogP contribution in [0.2, 0.25) is 0 Å². The highest BCUT2D eigenvalue weighted by molar-refractivity contribution is 7.88. The Bertz CT molecular complexity index is 312. The first-order chi connectivity index (χ1) is 6.49. The molecule has 0 aromatic carbocycles. The summed E-state index contributed by atoms with van der Waals surface area (Å²) in [5.74, 6) is 0.834. The first-order valence-electron chi connectivity index (χ1n) is 4.43. The number of likely N-dealkylation sites (N-methyl/N-ethyl adjacent to an activating group) is 1. The number of hydrogen-bond donors (Lipinski definition) is 2. The summed E-state index contributed by atoms with van der Waals surface area (Å²) in [5.41, 5.74) is 0. The predicted octanol–water partition coefficient (Wildman–Crippen LogP) is -1.57. The van der Waals surface area contributed by atoms with E-state index in [0.717, 1.165) is 25.3 Å². The molecule has 0 amide bonds. The van der Waals surface area contributed by atoms with E-state index in [1.54, 1.807) is 0 Å². The molecule has 0 aromatic heterocycles. The lowest BCUT2D eigenvalue weighted by molar-refractivity contribution is 0.533. The Morgan fingerprint density at radius 1 is 1.50 bits per heavy atom. The van der Waals surface area contributed by atoms with Gasteiger partial charge in [-0.05, 0) is 0 Å². The fraction of sp³-hybridized carbons (Fsp3) is 0.857. The molecule has 0 radical (unpaired) electrons. The van der Waals surface area contributed by atoms with E-state index in [1.807, 2.05) is 11.9 Å². The van der Waals surface area contributed by atoms with Gasteiger partial charge in [-0.1, -0.05) is 0 Å². The molecule has 0 saturated carbocycles. The summed E-state index contributed by atoms with van der Waals surface area (Å²) in [6, 6.07) is 0. The molecule has 0 bridgehead atoms. The molecule has 2 N–H and O–H groups in total. The zero-order chi connectivity index (χ0) is 10.6. The summed E-state index contributed by atoms with van der Waals surface area (Å²) in [6.07, 6.45) is 1.15. The van der Waals surface area contributed by atoms with Crippen LogP contribution in [0, 0.1) is 0 Å². The first-order valence-corrected chi connectivity index (χ1v) is 6.32. The van der Waals surface area contributed by atoms with E-state index in [2.05, 4.69) is 15.0 Å². The molecular formula is C7H16N4O2S. The van der Waals surface area contributed by atoms with E-state index in [-0.39, 0.29) is 0 Å². The Balaban J connectivity index is 2.16. The Labute approximate surface area is 84.4 Å². The molecule has 14 heavy (non-hydrogen) atoms. The second kappa shape index (κ2) is 4.61. The molecule has 1 aliphatic rings. The largest absolute Gasteiger partial charge is 0.355 e. The zero-order valence-corrected chi connectivity index (χ0v) is 9.26. The molecule has 0 fully saturated rings. The lowest BCUT2D eigenvalue weighted by Crippen LogP contribution is -2.40. The second-order valence-corrected chi connectivity index (χ2v) is 5.05. The van der Waals surface area contributed by atoms with Crippen molar-refractivity contribution < 1.29 is 8.42 Å². The van der Waals surface area contributed by atoms with Crippen molar-refractivity contribution in [2.75, 3.05) is 39.5 Å². The maximum Gasteiger partial charge on any atom is 0.208 e. The number of aliphatic imine (C=N–C) groups is 1. The Morgan fingerprint density at radius 3 is 2.71 bits per heavy atom. The number of nitrogens with zero attached hydrogens (tertiary/aromatic N) is 2. The number of rotatable bonds is 4. The molecule has 1 heterocycles. The highest BCUT2D eigenvalue weighted by Crippen LogP contribution is 1.93. The van der Waals surface area contributed by atoms with Gasteiger partial charge >= 0.3 is 0 Å². The van der Waals surface area contributed by atoms with Crippen LogP contribution >= 0.6 is 0 Å². The van der Waals surface area contributed by atoms with Gasteiger partial charge in [-0.3, -0.25) is 4.99 Å². The van der Waals surface area contributed by atoms with Gasteiger partial charge in [0.2, 0.25) is 10.0 Å². The maximum absolute atomic E-state index is 10.7. The highest BCUT2D eigenvalue weighted by Gasteiger charge is 2.10. The van der Waals surface area contributed by atoms with Gasteiger partial charge in [-0.2, -0.15) is 0 Å². The SMILES string of the molecule is CN1CCN=C1NCCNS(C)(=O)=O. The van der Waals surface area contributed by atoms with Crippen molar-refractivity contribution in [1.82, 2.24) is 14.9 Å². The smallest absolute Gasteiger partial charge is 0.208 e. The summed E-state index contributed by atoms with van der Waals surface area (Å²) in [6.45, 7) is 2.65. The normalized spacial score (nSPS) is 17.0. The second-order valence-electron chi connectivity index (χ2n) is 3.22. The Hall–Kier alpha value is -0.820. The predicted molar refractivity (Wildman–Crippen MR) is 55.8 cm³/mol. The van der Waals surface area contributed by atoms with Crippen LogP contribution in [0.15, 0.2) is 4.99 Å². The van der Waals surface area contributed by atoms with Crippen LogP contribution in [-0.2, 0) is 10.0 Å². The standard InChI is InChI=1S/C7H16N4O2S/c1-11-6-5-9-7(11)8-3-4-10-14(2,12)13/h10H,3-6H2,1-2H3,(H,8,9). The molecule has 0 atom stereocenters. The van der Waals surface area contributed by atoms with E-state index >= 15 is 0 Å². The minimum absolute atomic E-state index is 0.381. The average molecular weight is 220 g/mol. The molecule has 0 aliphatic carbocycles. The van der Waals surface area contributed by atoms with Gasteiger partial charge in [-0.25, -0.2) is 13.1 Å². The molecule has 0 unspecified atom stereocenters. The number of guanidine groups is 1. The quantitative estimate of drug-likeness (QED) is 0.561. The van der Waals surface area contributed by atoms with E-state index in [0.29, 0.717) is 13.1 Å². The van der Waals surface area contributed by atoms with Gasteiger partial charge in [-0.15, -0.1) is 0 Å². The van der Waals surface area contributed by atoms with E-state index in [9.17, 15) is 8.42 Å². The molecule has 1 rings (SSSR count). The molecule has 0 saturated heterocycles. The lowest BCUT2D eigenvalue weighted by atomic mass is 10.6. The fourth-order valence-corrected chi connectivity index (χ4v) is 1.61. The van der Waals surface area contributed by atoms with Gasteiger partial charge in [0.25, 0.3) is 0 Å². The van der Waals surface area contributed by atoms with Crippen LogP contribution < -0.4 is 10.0 Å². The Morgan fingerprint density at radius 2 is 2.21 bits per heavy atom. The van der Waals surface area contributed by atoms with Gasteiger partial charge in [0.05, 0.1) is 12.8 Å². The number of sulfonamides is 1. The minimum Gasteiger partial charge on any atom is -0.355 e. The molecule has 0 spiro atoms. The third kappa shape index (κ3) is 3.93. The summed E-state index contributed by atoms with van der Waals surface area (Å²) in [5, 5.41) is 3.05. The van der Waals surface area contributed by atoms with Gasteiger partial charge < -0.3 is 10.2 Å².